The molecule has 3 aromatic rings. The summed E-state index contributed by atoms with van der Waals surface area (Å²) in [5.74, 6) is -0.467. The van der Waals surface area contributed by atoms with Gasteiger partial charge in [0.25, 0.3) is 0 Å². The molecule has 0 radical (unpaired) electrons. The van der Waals surface area contributed by atoms with Crippen LogP contribution in [-0.2, 0) is 12.8 Å². The van der Waals surface area contributed by atoms with Gasteiger partial charge in [0.2, 0.25) is 0 Å². The Bertz CT molecular complexity index is 727. The minimum Gasteiger partial charge on any atom is -0.257 e. The van der Waals surface area contributed by atoms with Crippen LogP contribution in [0.15, 0.2) is 60.7 Å². The Morgan fingerprint density at radius 3 is 1.48 bits per heavy atom. The summed E-state index contributed by atoms with van der Waals surface area (Å²) in [4.78, 5) is 4.68. The van der Waals surface area contributed by atoms with Crippen LogP contribution in [0.3, 0.4) is 0 Å². The molecule has 3 heteroatoms. The zero-order valence-electron chi connectivity index (χ0n) is 12.9. The summed E-state index contributed by atoms with van der Waals surface area (Å²) in [5, 5.41) is 0. The fourth-order valence-corrected chi connectivity index (χ4v) is 2.62. The van der Waals surface area contributed by atoms with Gasteiger partial charge in [0.15, 0.2) is 0 Å². The maximum Gasteiger partial charge on any atom is 0.123 e. The van der Waals surface area contributed by atoms with E-state index in [-0.39, 0.29) is 11.6 Å². The van der Waals surface area contributed by atoms with Crippen LogP contribution in [0.4, 0.5) is 8.78 Å². The van der Waals surface area contributed by atoms with Crippen molar-refractivity contribution in [2.45, 2.75) is 19.8 Å². The smallest absolute Gasteiger partial charge is 0.123 e. The second-order valence-corrected chi connectivity index (χ2v) is 5.73. The van der Waals surface area contributed by atoms with Gasteiger partial charge in [0, 0.05) is 24.2 Å². The highest BCUT2D eigenvalue weighted by atomic mass is 19.1. The highest BCUT2D eigenvalue weighted by molar-refractivity contribution is 5.29. The van der Waals surface area contributed by atoms with Crippen LogP contribution in [0.25, 0.3) is 0 Å². The van der Waals surface area contributed by atoms with E-state index in [0.29, 0.717) is 12.8 Å². The van der Waals surface area contributed by atoms with Crippen molar-refractivity contribution in [3.05, 3.63) is 100 Å². The number of hydrogen-bond acceptors (Lipinski definition) is 1. The fourth-order valence-electron chi connectivity index (χ4n) is 2.62. The second kappa shape index (κ2) is 6.69. The van der Waals surface area contributed by atoms with Crippen molar-refractivity contribution in [2.75, 3.05) is 0 Å². The van der Waals surface area contributed by atoms with Gasteiger partial charge < -0.3 is 0 Å². The molecule has 1 aromatic heterocycles. The molecular formula is C20H17F2N. The van der Waals surface area contributed by atoms with Crippen molar-refractivity contribution < 1.29 is 8.78 Å². The van der Waals surface area contributed by atoms with Crippen LogP contribution in [0.1, 0.15) is 28.1 Å². The zero-order chi connectivity index (χ0) is 16.2. The van der Waals surface area contributed by atoms with Gasteiger partial charge in [-0.3, -0.25) is 4.98 Å². The number of hydrogen-bond donors (Lipinski definition) is 0. The molecule has 2 aromatic carbocycles. The monoisotopic (exact) mass is 309 g/mol. The summed E-state index contributed by atoms with van der Waals surface area (Å²) in [6.07, 6.45) is 1.33. The van der Waals surface area contributed by atoms with Crippen molar-refractivity contribution in [1.29, 1.82) is 0 Å². The molecule has 0 aliphatic rings. The molecule has 0 N–H and O–H groups in total. The first-order valence-corrected chi connectivity index (χ1v) is 7.54. The van der Waals surface area contributed by atoms with E-state index in [4.69, 9.17) is 0 Å². The summed E-state index contributed by atoms with van der Waals surface area (Å²) in [6.45, 7) is 2.03. The van der Waals surface area contributed by atoms with Gasteiger partial charge in [-0.2, -0.15) is 0 Å². The van der Waals surface area contributed by atoms with E-state index in [1.807, 2.05) is 19.1 Å². The van der Waals surface area contributed by atoms with E-state index < -0.39 is 0 Å². The van der Waals surface area contributed by atoms with Crippen LogP contribution in [0, 0.1) is 18.6 Å². The highest BCUT2D eigenvalue weighted by Crippen LogP contribution is 2.15. The average molecular weight is 309 g/mol. The number of aromatic nitrogens is 1. The van der Waals surface area contributed by atoms with Gasteiger partial charge in [0.05, 0.1) is 0 Å². The Balaban J connectivity index is 1.81. The van der Waals surface area contributed by atoms with Crippen LogP contribution in [-0.4, -0.2) is 4.98 Å². The fraction of sp³-hybridized carbons (Fsp3) is 0.150. The highest BCUT2D eigenvalue weighted by Gasteiger charge is 2.04. The molecule has 0 aliphatic carbocycles. The summed E-state index contributed by atoms with van der Waals surface area (Å²) in [6, 6.07) is 17.0. The van der Waals surface area contributed by atoms with Crippen molar-refractivity contribution >= 4 is 0 Å². The largest absolute Gasteiger partial charge is 0.257 e. The van der Waals surface area contributed by atoms with Crippen LogP contribution in [0.2, 0.25) is 0 Å². The topological polar surface area (TPSA) is 12.9 Å². The SMILES string of the molecule is Cc1cc(Cc2ccc(F)cc2)nc(Cc2ccc(F)cc2)c1. The predicted molar refractivity (Wildman–Crippen MR) is 87.4 cm³/mol. The normalized spacial score (nSPS) is 10.7. The Hall–Kier alpha value is -2.55. The lowest BCUT2D eigenvalue weighted by Gasteiger charge is -2.08. The zero-order valence-corrected chi connectivity index (χ0v) is 12.9. The number of rotatable bonds is 4. The van der Waals surface area contributed by atoms with E-state index in [1.54, 1.807) is 24.3 Å². The number of nitrogens with zero attached hydrogens (tertiary/aromatic N) is 1. The van der Waals surface area contributed by atoms with Gasteiger partial charge in [-0.05, 0) is 60.0 Å². The van der Waals surface area contributed by atoms with Gasteiger partial charge >= 0.3 is 0 Å². The van der Waals surface area contributed by atoms with Crippen LogP contribution < -0.4 is 0 Å². The van der Waals surface area contributed by atoms with E-state index in [9.17, 15) is 8.78 Å². The lowest BCUT2D eigenvalue weighted by molar-refractivity contribution is 0.627. The summed E-state index contributed by atoms with van der Waals surface area (Å²) in [7, 11) is 0. The molecular weight excluding hydrogens is 292 g/mol. The Kier molecular flexibility index (Phi) is 4.47. The maximum absolute atomic E-state index is 13.0. The number of aryl methyl sites for hydroxylation is 1. The molecule has 0 saturated heterocycles. The molecule has 0 unspecified atom stereocenters. The number of halogens is 2. The molecule has 0 fully saturated rings. The predicted octanol–water partition coefficient (Wildman–Crippen LogP) is 4.85. The molecule has 1 heterocycles. The molecule has 0 atom stereocenters. The third-order valence-electron chi connectivity index (χ3n) is 3.67. The first-order chi connectivity index (χ1) is 11.1. The van der Waals surface area contributed by atoms with E-state index >= 15 is 0 Å². The third kappa shape index (κ3) is 4.22. The Morgan fingerprint density at radius 1 is 0.696 bits per heavy atom. The maximum atomic E-state index is 13.0. The quantitative estimate of drug-likeness (QED) is 0.671. The van der Waals surface area contributed by atoms with Crippen LogP contribution in [0.5, 0.6) is 0 Å². The van der Waals surface area contributed by atoms with Gasteiger partial charge in [-0.1, -0.05) is 24.3 Å². The van der Waals surface area contributed by atoms with Crippen molar-refractivity contribution in [3.8, 4) is 0 Å². The Morgan fingerprint density at radius 2 is 1.09 bits per heavy atom. The summed E-state index contributed by atoms with van der Waals surface area (Å²) in [5.41, 5.74) is 5.09. The van der Waals surface area contributed by atoms with E-state index in [0.717, 1.165) is 28.1 Å². The lowest BCUT2D eigenvalue weighted by Crippen LogP contribution is -2.00. The van der Waals surface area contributed by atoms with Gasteiger partial charge in [-0.15, -0.1) is 0 Å². The first kappa shape index (κ1) is 15.3. The standard InChI is InChI=1S/C20H17F2N/c1-14-10-19(12-15-2-6-17(21)7-3-15)23-20(11-14)13-16-4-8-18(22)9-5-16/h2-11H,12-13H2,1H3. The first-order valence-electron chi connectivity index (χ1n) is 7.54. The van der Waals surface area contributed by atoms with Crippen molar-refractivity contribution in [2.24, 2.45) is 0 Å². The molecule has 0 spiro atoms. The molecule has 0 bridgehead atoms. The van der Waals surface area contributed by atoms with E-state index in [1.165, 1.54) is 24.3 Å². The van der Waals surface area contributed by atoms with Crippen LogP contribution >= 0.6 is 0 Å². The molecule has 116 valence electrons. The molecule has 23 heavy (non-hydrogen) atoms. The Labute approximate surface area is 134 Å². The lowest BCUT2D eigenvalue weighted by atomic mass is 10.0. The second-order valence-electron chi connectivity index (χ2n) is 5.73. The summed E-state index contributed by atoms with van der Waals surface area (Å²) >= 11 is 0. The number of benzene rings is 2. The molecule has 1 nitrogen and oxygen atoms in total. The third-order valence-corrected chi connectivity index (χ3v) is 3.67. The number of pyridine rings is 1. The minimum atomic E-state index is -0.233. The average Bonchev–Trinajstić information content (AvgIpc) is 2.51. The van der Waals surface area contributed by atoms with E-state index in [2.05, 4.69) is 4.98 Å². The van der Waals surface area contributed by atoms with Crippen molar-refractivity contribution in [1.82, 2.24) is 4.98 Å². The molecule has 0 amide bonds. The minimum absolute atomic E-state index is 0.233. The van der Waals surface area contributed by atoms with Gasteiger partial charge in [-0.25, -0.2) is 8.78 Å². The molecule has 0 aliphatic heterocycles. The molecule has 0 saturated carbocycles. The van der Waals surface area contributed by atoms with Crippen molar-refractivity contribution in [3.63, 3.8) is 0 Å². The molecule has 3 rings (SSSR count). The van der Waals surface area contributed by atoms with Gasteiger partial charge in [0.1, 0.15) is 11.6 Å². The summed E-state index contributed by atoms with van der Waals surface area (Å²) < 4.78 is 26.0.